The maximum absolute atomic E-state index is 13.1. The average molecular weight is 391 g/mol. The molecule has 0 aliphatic carbocycles. The third-order valence-electron chi connectivity index (χ3n) is 4.59. The summed E-state index contributed by atoms with van der Waals surface area (Å²) in [7, 11) is 0. The lowest BCUT2D eigenvalue weighted by Gasteiger charge is -2.22. The first-order chi connectivity index (χ1) is 11.8. The van der Waals surface area contributed by atoms with Gasteiger partial charge < -0.3 is 5.11 Å². The second-order valence-corrected chi connectivity index (χ2v) is 6.15. The van der Waals surface area contributed by atoms with Gasteiger partial charge in [-0.25, -0.2) is 4.68 Å². The SMILES string of the molecule is CC(c1cn(-c2ccccc2)nn1)N1C[C@@H](C(F)(F)F)[C@H](C(=O)O)C1.Cl. The van der Waals surface area contributed by atoms with Crippen molar-refractivity contribution in [1.29, 1.82) is 0 Å². The number of aliphatic carboxylic acids is 1. The molecule has 10 heteroatoms. The fraction of sp³-hybridized carbons (Fsp3) is 0.438. The van der Waals surface area contributed by atoms with E-state index in [0.717, 1.165) is 5.69 Å². The van der Waals surface area contributed by atoms with Gasteiger partial charge in [-0.2, -0.15) is 13.2 Å². The van der Waals surface area contributed by atoms with E-state index < -0.39 is 30.0 Å². The van der Waals surface area contributed by atoms with Gasteiger partial charge in [0, 0.05) is 13.1 Å². The van der Waals surface area contributed by atoms with Crippen LogP contribution in [0.15, 0.2) is 36.5 Å². The minimum Gasteiger partial charge on any atom is -0.481 e. The van der Waals surface area contributed by atoms with E-state index in [-0.39, 0.29) is 25.5 Å². The number of aromatic nitrogens is 3. The molecule has 0 saturated carbocycles. The molecule has 1 fully saturated rings. The Morgan fingerprint density at radius 1 is 1.27 bits per heavy atom. The van der Waals surface area contributed by atoms with E-state index in [9.17, 15) is 18.0 Å². The van der Waals surface area contributed by atoms with Gasteiger partial charge >= 0.3 is 12.1 Å². The highest BCUT2D eigenvalue weighted by Crippen LogP contribution is 2.40. The number of likely N-dealkylation sites (tertiary alicyclic amines) is 1. The summed E-state index contributed by atoms with van der Waals surface area (Å²) in [5.74, 6) is -4.77. The number of benzene rings is 1. The normalized spacial score (nSPS) is 22.0. The lowest BCUT2D eigenvalue weighted by molar-refractivity contribution is -0.188. The van der Waals surface area contributed by atoms with Gasteiger partial charge in [0.15, 0.2) is 0 Å². The molecule has 2 heterocycles. The highest BCUT2D eigenvalue weighted by molar-refractivity contribution is 5.85. The quantitative estimate of drug-likeness (QED) is 0.869. The molecule has 1 saturated heterocycles. The summed E-state index contributed by atoms with van der Waals surface area (Å²) in [6.07, 6.45) is -2.89. The monoisotopic (exact) mass is 390 g/mol. The Kier molecular flexibility index (Phi) is 5.92. The maximum Gasteiger partial charge on any atom is 0.393 e. The van der Waals surface area contributed by atoms with Crippen LogP contribution >= 0.6 is 12.4 Å². The Balaban J connectivity index is 0.00000243. The highest BCUT2D eigenvalue weighted by Gasteiger charge is 2.53. The van der Waals surface area contributed by atoms with E-state index in [2.05, 4.69) is 10.3 Å². The minimum atomic E-state index is -4.54. The number of para-hydroxylation sites is 1. The summed E-state index contributed by atoms with van der Waals surface area (Å²) >= 11 is 0. The molecule has 1 unspecified atom stereocenters. The number of halogens is 4. The molecule has 142 valence electrons. The van der Waals surface area contributed by atoms with Crippen LogP contribution in [0.1, 0.15) is 18.7 Å². The third kappa shape index (κ3) is 3.99. The highest BCUT2D eigenvalue weighted by atomic mass is 35.5. The molecule has 0 amide bonds. The molecule has 1 N–H and O–H groups in total. The second-order valence-electron chi connectivity index (χ2n) is 6.15. The molecule has 1 aromatic heterocycles. The smallest absolute Gasteiger partial charge is 0.393 e. The van der Waals surface area contributed by atoms with Crippen molar-refractivity contribution in [3.8, 4) is 5.69 Å². The molecular formula is C16H18ClF3N4O2. The van der Waals surface area contributed by atoms with Gasteiger partial charge in [-0.15, -0.1) is 17.5 Å². The van der Waals surface area contributed by atoms with Gasteiger partial charge in [-0.3, -0.25) is 9.69 Å². The van der Waals surface area contributed by atoms with Crippen LogP contribution in [0.2, 0.25) is 0 Å². The van der Waals surface area contributed by atoms with E-state index in [0.29, 0.717) is 5.69 Å². The van der Waals surface area contributed by atoms with Crippen LogP contribution in [0, 0.1) is 11.8 Å². The Bertz CT molecular complexity index is 753. The van der Waals surface area contributed by atoms with Gasteiger partial charge in [-0.1, -0.05) is 23.4 Å². The molecule has 1 aliphatic rings. The predicted molar refractivity (Wildman–Crippen MR) is 89.3 cm³/mol. The number of nitrogens with zero attached hydrogens (tertiary/aromatic N) is 4. The van der Waals surface area contributed by atoms with E-state index in [1.807, 2.05) is 30.3 Å². The summed E-state index contributed by atoms with van der Waals surface area (Å²) in [5, 5.41) is 17.2. The number of carboxylic acid groups (broad SMARTS) is 1. The van der Waals surface area contributed by atoms with Crippen LogP contribution < -0.4 is 0 Å². The lowest BCUT2D eigenvalue weighted by Crippen LogP contribution is -2.33. The van der Waals surface area contributed by atoms with Crippen molar-refractivity contribution in [3.63, 3.8) is 0 Å². The third-order valence-corrected chi connectivity index (χ3v) is 4.59. The second kappa shape index (κ2) is 7.63. The molecule has 3 rings (SSSR count). The van der Waals surface area contributed by atoms with Gasteiger partial charge in [-0.05, 0) is 19.1 Å². The van der Waals surface area contributed by atoms with E-state index in [1.54, 1.807) is 13.1 Å². The summed E-state index contributed by atoms with van der Waals surface area (Å²) in [6.45, 7) is 1.18. The van der Waals surface area contributed by atoms with Crippen LogP contribution in [0.4, 0.5) is 13.2 Å². The van der Waals surface area contributed by atoms with Gasteiger partial charge in [0.05, 0.1) is 35.5 Å². The molecule has 0 spiro atoms. The standard InChI is InChI=1S/C16H17F3N4O2.ClH/c1-10(14-9-23(21-20-14)11-5-3-2-4-6-11)22-7-12(15(24)25)13(8-22)16(17,18)19;/h2-6,9-10,12-13H,7-8H2,1H3,(H,24,25);1H/t10?,12-,13-;/m1./s1. The first-order valence-corrected chi connectivity index (χ1v) is 7.78. The molecule has 2 aromatic rings. The zero-order valence-electron chi connectivity index (χ0n) is 13.8. The number of carboxylic acids is 1. The average Bonchev–Trinajstić information content (AvgIpc) is 3.22. The summed E-state index contributed by atoms with van der Waals surface area (Å²) < 4.78 is 40.9. The molecule has 1 aliphatic heterocycles. The van der Waals surface area contributed by atoms with Crippen molar-refractivity contribution in [3.05, 3.63) is 42.2 Å². The van der Waals surface area contributed by atoms with Crippen LogP contribution in [0.25, 0.3) is 5.69 Å². The van der Waals surface area contributed by atoms with Crippen LogP contribution in [-0.4, -0.2) is 50.2 Å². The van der Waals surface area contributed by atoms with E-state index in [1.165, 1.54) is 9.58 Å². The van der Waals surface area contributed by atoms with E-state index >= 15 is 0 Å². The van der Waals surface area contributed by atoms with Crippen molar-refractivity contribution >= 4 is 18.4 Å². The molecule has 26 heavy (non-hydrogen) atoms. The molecule has 1 aromatic carbocycles. The Morgan fingerprint density at radius 2 is 1.92 bits per heavy atom. The zero-order valence-corrected chi connectivity index (χ0v) is 14.6. The molecule has 0 bridgehead atoms. The van der Waals surface area contributed by atoms with Crippen molar-refractivity contribution < 1.29 is 23.1 Å². The Morgan fingerprint density at radius 3 is 2.46 bits per heavy atom. The fourth-order valence-corrected chi connectivity index (χ4v) is 3.09. The number of carbonyl (C=O) groups is 1. The molecular weight excluding hydrogens is 373 g/mol. The van der Waals surface area contributed by atoms with Crippen molar-refractivity contribution in [2.45, 2.75) is 19.1 Å². The molecule has 0 radical (unpaired) electrons. The topological polar surface area (TPSA) is 71.2 Å². The molecule has 3 atom stereocenters. The summed E-state index contributed by atoms with van der Waals surface area (Å²) in [5.41, 5.74) is 1.28. The summed E-state index contributed by atoms with van der Waals surface area (Å²) in [4.78, 5) is 12.7. The van der Waals surface area contributed by atoms with Crippen molar-refractivity contribution in [2.75, 3.05) is 13.1 Å². The molecule has 6 nitrogen and oxygen atoms in total. The first kappa shape index (κ1) is 20.2. The van der Waals surface area contributed by atoms with Crippen molar-refractivity contribution in [1.82, 2.24) is 19.9 Å². The number of hydrogen-bond donors (Lipinski definition) is 1. The van der Waals surface area contributed by atoms with Crippen LogP contribution in [0.3, 0.4) is 0 Å². The summed E-state index contributed by atoms with van der Waals surface area (Å²) in [6, 6.07) is 8.74. The maximum atomic E-state index is 13.1. The Hall–Kier alpha value is -2.13. The van der Waals surface area contributed by atoms with Gasteiger partial charge in [0.25, 0.3) is 0 Å². The first-order valence-electron chi connectivity index (χ1n) is 7.78. The minimum absolute atomic E-state index is 0. The number of hydrogen-bond acceptors (Lipinski definition) is 4. The van der Waals surface area contributed by atoms with Gasteiger partial charge in [0.2, 0.25) is 0 Å². The number of alkyl halides is 3. The van der Waals surface area contributed by atoms with Crippen LogP contribution in [-0.2, 0) is 4.79 Å². The largest absolute Gasteiger partial charge is 0.481 e. The Labute approximate surface area is 154 Å². The van der Waals surface area contributed by atoms with Crippen LogP contribution in [0.5, 0.6) is 0 Å². The van der Waals surface area contributed by atoms with E-state index in [4.69, 9.17) is 5.11 Å². The fourth-order valence-electron chi connectivity index (χ4n) is 3.09. The predicted octanol–water partition coefficient (Wildman–Crippen LogP) is 2.95. The zero-order chi connectivity index (χ0) is 18.2. The van der Waals surface area contributed by atoms with Crippen molar-refractivity contribution in [2.24, 2.45) is 11.8 Å². The van der Waals surface area contributed by atoms with Gasteiger partial charge in [0.1, 0.15) is 0 Å². The lowest BCUT2D eigenvalue weighted by atomic mass is 9.96. The number of rotatable bonds is 4.